The molecule has 19 heavy (non-hydrogen) atoms. The Morgan fingerprint density at radius 3 is 2.89 bits per heavy atom. The maximum Gasteiger partial charge on any atom is 0.340 e. The van der Waals surface area contributed by atoms with Crippen LogP contribution in [0.3, 0.4) is 0 Å². The van der Waals surface area contributed by atoms with Crippen molar-refractivity contribution >= 4 is 27.8 Å². The lowest BCUT2D eigenvalue weighted by Crippen LogP contribution is -2.35. The van der Waals surface area contributed by atoms with Gasteiger partial charge in [-0.05, 0) is 41.1 Å². The van der Waals surface area contributed by atoms with E-state index in [0.717, 1.165) is 6.07 Å². The lowest BCUT2D eigenvalue weighted by atomic mass is 10.2. The second-order valence-corrected chi connectivity index (χ2v) is 4.56. The zero-order valence-electron chi connectivity index (χ0n) is 10.3. The van der Waals surface area contributed by atoms with Crippen LogP contribution in [0.1, 0.15) is 17.3 Å². The maximum absolute atomic E-state index is 13.1. The van der Waals surface area contributed by atoms with Crippen LogP contribution in [0, 0.1) is 5.82 Å². The molecule has 1 rings (SSSR count). The van der Waals surface area contributed by atoms with Crippen molar-refractivity contribution in [2.45, 2.75) is 13.0 Å². The molecule has 0 fully saturated rings. The van der Waals surface area contributed by atoms with Crippen LogP contribution in [-0.2, 0) is 9.53 Å². The molecule has 1 amide bonds. The van der Waals surface area contributed by atoms with Crippen LogP contribution < -0.4 is 5.32 Å². The molecule has 0 aromatic heterocycles. The molecule has 0 aliphatic carbocycles. The number of carbonyl (C=O) groups is 2. The lowest BCUT2D eigenvalue weighted by Gasteiger charge is -2.13. The summed E-state index contributed by atoms with van der Waals surface area (Å²) in [6.07, 6.45) is 0.540. The van der Waals surface area contributed by atoms with Gasteiger partial charge < -0.3 is 10.1 Å². The molecular formula is C13H13BrFNO3. The first-order valence-electron chi connectivity index (χ1n) is 5.50. The Balaban J connectivity index is 2.71. The molecule has 1 aromatic rings. The number of benzene rings is 1. The van der Waals surface area contributed by atoms with Gasteiger partial charge in [-0.1, -0.05) is 6.08 Å². The van der Waals surface area contributed by atoms with Gasteiger partial charge in [0.05, 0.1) is 5.56 Å². The summed E-state index contributed by atoms with van der Waals surface area (Å²) in [6.45, 7) is 5.17. The van der Waals surface area contributed by atoms with Crippen molar-refractivity contribution in [1.82, 2.24) is 5.32 Å². The first-order valence-corrected chi connectivity index (χ1v) is 6.29. The molecule has 0 spiro atoms. The van der Waals surface area contributed by atoms with E-state index >= 15 is 0 Å². The van der Waals surface area contributed by atoms with Gasteiger partial charge in [-0.3, -0.25) is 4.79 Å². The number of nitrogens with one attached hydrogen (secondary N) is 1. The van der Waals surface area contributed by atoms with E-state index in [0.29, 0.717) is 4.47 Å². The first kappa shape index (κ1) is 15.4. The average molecular weight is 330 g/mol. The fraction of sp³-hybridized carbons (Fsp3) is 0.231. The summed E-state index contributed by atoms with van der Waals surface area (Å²) in [6, 6.07) is 3.65. The SMILES string of the molecule is C=CCNC(=O)C(C)OC(=O)c1cc(F)ccc1Br. The third-order valence-corrected chi connectivity index (χ3v) is 2.91. The molecule has 1 unspecified atom stereocenters. The Morgan fingerprint density at radius 2 is 2.26 bits per heavy atom. The van der Waals surface area contributed by atoms with Crippen molar-refractivity contribution in [3.05, 3.63) is 46.7 Å². The second kappa shape index (κ2) is 7.04. The van der Waals surface area contributed by atoms with E-state index in [-0.39, 0.29) is 12.1 Å². The molecule has 1 N–H and O–H groups in total. The molecule has 0 aliphatic rings. The van der Waals surface area contributed by atoms with Crippen LogP contribution >= 0.6 is 15.9 Å². The number of ether oxygens (including phenoxy) is 1. The van der Waals surface area contributed by atoms with Gasteiger partial charge in [0.15, 0.2) is 6.10 Å². The normalized spacial score (nSPS) is 11.5. The summed E-state index contributed by atoms with van der Waals surface area (Å²) in [5, 5.41) is 2.49. The number of hydrogen-bond donors (Lipinski definition) is 1. The van der Waals surface area contributed by atoms with Crippen LogP contribution in [0.25, 0.3) is 0 Å². The number of halogens is 2. The highest BCUT2D eigenvalue weighted by Crippen LogP contribution is 2.19. The Morgan fingerprint density at radius 1 is 1.58 bits per heavy atom. The molecule has 1 atom stereocenters. The monoisotopic (exact) mass is 329 g/mol. The van der Waals surface area contributed by atoms with Gasteiger partial charge in [0.2, 0.25) is 0 Å². The largest absolute Gasteiger partial charge is 0.449 e. The van der Waals surface area contributed by atoms with Crippen LogP contribution in [-0.4, -0.2) is 24.5 Å². The van der Waals surface area contributed by atoms with Crippen molar-refractivity contribution in [3.63, 3.8) is 0 Å². The standard InChI is InChI=1S/C13H13BrFNO3/c1-3-6-16-12(17)8(2)19-13(18)10-7-9(15)4-5-11(10)14/h3-5,7-8H,1,6H2,2H3,(H,16,17). The minimum atomic E-state index is -0.970. The van der Waals surface area contributed by atoms with Gasteiger partial charge in [-0.25, -0.2) is 9.18 Å². The molecule has 0 bridgehead atoms. The van der Waals surface area contributed by atoms with Gasteiger partial charge in [-0.15, -0.1) is 6.58 Å². The molecule has 0 saturated heterocycles. The molecule has 102 valence electrons. The van der Waals surface area contributed by atoms with Crippen molar-refractivity contribution in [2.24, 2.45) is 0 Å². The lowest BCUT2D eigenvalue weighted by molar-refractivity contribution is -0.128. The molecule has 0 heterocycles. The van der Waals surface area contributed by atoms with Crippen LogP contribution in [0.15, 0.2) is 35.3 Å². The highest BCUT2D eigenvalue weighted by atomic mass is 79.9. The van der Waals surface area contributed by atoms with Crippen LogP contribution in [0.2, 0.25) is 0 Å². The third-order valence-electron chi connectivity index (χ3n) is 2.22. The second-order valence-electron chi connectivity index (χ2n) is 3.71. The smallest absolute Gasteiger partial charge is 0.340 e. The summed E-state index contributed by atoms with van der Waals surface area (Å²) in [4.78, 5) is 23.3. The maximum atomic E-state index is 13.1. The van der Waals surface area contributed by atoms with Crippen molar-refractivity contribution in [2.75, 3.05) is 6.54 Å². The van der Waals surface area contributed by atoms with Crippen LogP contribution in [0.5, 0.6) is 0 Å². The number of carbonyl (C=O) groups excluding carboxylic acids is 2. The topological polar surface area (TPSA) is 55.4 Å². The zero-order valence-corrected chi connectivity index (χ0v) is 11.9. The molecule has 0 radical (unpaired) electrons. The summed E-state index contributed by atoms with van der Waals surface area (Å²) >= 11 is 3.12. The zero-order chi connectivity index (χ0) is 14.4. The van der Waals surface area contributed by atoms with Gasteiger partial charge in [0.25, 0.3) is 5.91 Å². The summed E-state index contributed by atoms with van der Waals surface area (Å²) in [5.41, 5.74) is 0.0309. The van der Waals surface area contributed by atoms with Gasteiger partial charge in [-0.2, -0.15) is 0 Å². The minimum absolute atomic E-state index is 0.0309. The minimum Gasteiger partial charge on any atom is -0.449 e. The van der Waals surface area contributed by atoms with Crippen molar-refractivity contribution < 1.29 is 18.7 Å². The highest BCUT2D eigenvalue weighted by molar-refractivity contribution is 9.10. The van der Waals surface area contributed by atoms with Gasteiger partial charge in [0, 0.05) is 11.0 Å². The van der Waals surface area contributed by atoms with E-state index in [1.807, 2.05) is 0 Å². The quantitative estimate of drug-likeness (QED) is 0.666. The predicted octanol–water partition coefficient (Wildman–Crippen LogP) is 2.44. The van der Waals surface area contributed by atoms with Crippen molar-refractivity contribution in [3.8, 4) is 0 Å². The molecule has 6 heteroatoms. The first-order chi connectivity index (χ1) is 8.95. The Hall–Kier alpha value is -1.69. The van der Waals surface area contributed by atoms with Crippen LogP contribution in [0.4, 0.5) is 4.39 Å². The van der Waals surface area contributed by atoms with E-state index < -0.39 is 23.8 Å². The Labute approximate surface area is 118 Å². The molecule has 4 nitrogen and oxygen atoms in total. The summed E-state index contributed by atoms with van der Waals surface area (Å²) in [5.74, 6) is -1.77. The predicted molar refractivity (Wildman–Crippen MR) is 72.2 cm³/mol. The fourth-order valence-electron chi connectivity index (χ4n) is 1.25. The van der Waals surface area contributed by atoms with Gasteiger partial charge >= 0.3 is 5.97 Å². The van der Waals surface area contributed by atoms with E-state index in [4.69, 9.17) is 4.74 Å². The fourth-order valence-corrected chi connectivity index (χ4v) is 1.66. The van der Waals surface area contributed by atoms with E-state index in [2.05, 4.69) is 27.8 Å². The average Bonchev–Trinajstić information content (AvgIpc) is 2.38. The van der Waals surface area contributed by atoms with Gasteiger partial charge in [0.1, 0.15) is 5.82 Å². The molecule has 0 saturated carbocycles. The highest BCUT2D eigenvalue weighted by Gasteiger charge is 2.20. The molecule has 0 aliphatic heterocycles. The number of rotatable bonds is 5. The van der Waals surface area contributed by atoms with E-state index in [1.165, 1.54) is 25.1 Å². The number of amides is 1. The molecule has 1 aromatic carbocycles. The van der Waals surface area contributed by atoms with E-state index in [1.54, 1.807) is 0 Å². The summed E-state index contributed by atoms with van der Waals surface area (Å²) in [7, 11) is 0. The Bertz CT molecular complexity index is 505. The number of esters is 1. The van der Waals surface area contributed by atoms with E-state index in [9.17, 15) is 14.0 Å². The number of hydrogen-bond acceptors (Lipinski definition) is 3. The van der Waals surface area contributed by atoms with Crippen molar-refractivity contribution in [1.29, 1.82) is 0 Å². The third kappa shape index (κ3) is 4.48. The Kier molecular flexibility index (Phi) is 5.69. The molecular weight excluding hydrogens is 317 g/mol. The summed E-state index contributed by atoms with van der Waals surface area (Å²) < 4.78 is 18.4.